The van der Waals surface area contributed by atoms with Crippen LogP contribution in [0.25, 0.3) is 11.1 Å². The molecular weight excluding hydrogens is 292 g/mol. The highest BCUT2D eigenvalue weighted by atomic mass is 35.5. The van der Waals surface area contributed by atoms with Gasteiger partial charge in [-0.15, -0.1) is 0 Å². The molecule has 0 aliphatic carbocycles. The summed E-state index contributed by atoms with van der Waals surface area (Å²) in [7, 11) is 4.61. The van der Waals surface area contributed by atoms with Crippen molar-refractivity contribution in [1.29, 1.82) is 0 Å². The monoisotopic (exact) mass is 306 g/mol. The molecule has 0 unspecified atom stereocenters. The largest absolute Gasteiger partial charge is 0.495 e. The first-order chi connectivity index (χ1) is 10.1. The molecule has 2 aromatic carbocycles. The topological polar surface area (TPSA) is 44.8 Å². The van der Waals surface area contributed by atoms with Crippen LogP contribution >= 0.6 is 11.6 Å². The number of carbonyl (C=O) groups is 1. The molecule has 0 N–H and O–H groups in total. The predicted octanol–water partition coefficient (Wildman–Crippen LogP) is 3.85. The third-order valence-corrected chi connectivity index (χ3v) is 3.46. The summed E-state index contributed by atoms with van der Waals surface area (Å²) in [6.45, 7) is 0. The summed E-state index contributed by atoms with van der Waals surface area (Å²) in [5, 5.41) is 0.509. The Balaban J connectivity index is 2.64. The molecule has 0 heterocycles. The fourth-order valence-corrected chi connectivity index (χ4v) is 2.26. The van der Waals surface area contributed by atoms with Gasteiger partial charge in [-0.05, 0) is 35.4 Å². The van der Waals surface area contributed by atoms with Crippen LogP contribution in [-0.2, 0) is 0 Å². The molecule has 110 valence electrons. The van der Waals surface area contributed by atoms with E-state index in [1.807, 2.05) is 6.07 Å². The van der Waals surface area contributed by atoms with Gasteiger partial charge in [-0.25, -0.2) is 0 Å². The van der Waals surface area contributed by atoms with Crippen molar-refractivity contribution in [2.45, 2.75) is 0 Å². The standard InChI is InChI=1S/C16H15ClO4/c1-19-14-6-10(4-5-13(14)17)12-8-16(21-3)15(20-2)7-11(12)9-18/h4-9H,1-3H3. The van der Waals surface area contributed by atoms with Gasteiger partial charge in [-0.1, -0.05) is 17.7 Å². The van der Waals surface area contributed by atoms with Crippen molar-refractivity contribution in [1.82, 2.24) is 0 Å². The van der Waals surface area contributed by atoms with E-state index in [4.69, 9.17) is 25.8 Å². The van der Waals surface area contributed by atoms with E-state index in [0.717, 1.165) is 17.4 Å². The van der Waals surface area contributed by atoms with Crippen LogP contribution < -0.4 is 14.2 Å². The number of methoxy groups -OCH3 is 3. The minimum atomic E-state index is 0.497. The summed E-state index contributed by atoms with van der Waals surface area (Å²) in [4.78, 5) is 11.3. The van der Waals surface area contributed by atoms with Gasteiger partial charge < -0.3 is 14.2 Å². The van der Waals surface area contributed by atoms with Crippen LogP contribution in [0.3, 0.4) is 0 Å². The molecule has 0 radical (unpaired) electrons. The summed E-state index contributed by atoms with van der Waals surface area (Å²) in [6.07, 6.45) is 0.776. The lowest BCUT2D eigenvalue weighted by molar-refractivity contribution is 0.112. The summed E-state index contributed by atoms with van der Waals surface area (Å²) >= 11 is 6.02. The molecule has 2 aromatic rings. The molecule has 0 saturated carbocycles. The predicted molar refractivity (Wildman–Crippen MR) is 81.9 cm³/mol. The second-order valence-corrected chi connectivity index (χ2v) is 4.67. The number of ether oxygens (including phenoxy) is 3. The molecule has 5 heteroatoms. The Morgan fingerprint density at radius 2 is 1.52 bits per heavy atom. The second kappa shape index (κ2) is 6.50. The zero-order valence-corrected chi connectivity index (χ0v) is 12.7. The van der Waals surface area contributed by atoms with Crippen molar-refractivity contribution < 1.29 is 19.0 Å². The van der Waals surface area contributed by atoms with Crippen LogP contribution in [0.1, 0.15) is 10.4 Å². The van der Waals surface area contributed by atoms with Crippen molar-refractivity contribution >= 4 is 17.9 Å². The number of rotatable bonds is 5. The molecule has 4 nitrogen and oxygen atoms in total. The minimum absolute atomic E-state index is 0.497. The molecule has 2 rings (SSSR count). The number of aldehydes is 1. The van der Waals surface area contributed by atoms with E-state index < -0.39 is 0 Å². The Labute approximate surface area is 128 Å². The average molecular weight is 307 g/mol. The number of hydrogen-bond acceptors (Lipinski definition) is 4. The zero-order chi connectivity index (χ0) is 15.4. The average Bonchev–Trinajstić information content (AvgIpc) is 2.54. The Morgan fingerprint density at radius 1 is 0.905 bits per heavy atom. The highest BCUT2D eigenvalue weighted by Gasteiger charge is 2.13. The molecule has 0 atom stereocenters. The van der Waals surface area contributed by atoms with Crippen molar-refractivity contribution in [2.24, 2.45) is 0 Å². The SMILES string of the molecule is COc1cc(-c2cc(OC)c(OC)cc2C=O)ccc1Cl. The summed E-state index contributed by atoms with van der Waals surface area (Å²) in [6, 6.07) is 8.71. The first kappa shape index (κ1) is 15.2. The molecular formula is C16H15ClO4. The van der Waals surface area contributed by atoms with E-state index in [-0.39, 0.29) is 0 Å². The number of halogens is 1. The normalized spacial score (nSPS) is 10.1. The highest BCUT2D eigenvalue weighted by molar-refractivity contribution is 6.32. The number of benzene rings is 2. The number of hydrogen-bond donors (Lipinski definition) is 0. The van der Waals surface area contributed by atoms with Crippen LogP contribution in [0.15, 0.2) is 30.3 Å². The van der Waals surface area contributed by atoms with Gasteiger partial charge in [-0.2, -0.15) is 0 Å². The number of carbonyl (C=O) groups excluding carboxylic acids is 1. The van der Waals surface area contributed by atoms with Crippen molar-refractivity contribution in [3.05, 3.63) is 40.9 Å². The van der Waals surface area contributed by atoms with E-state index in [0.29, 0.717) is 27.8 Å². The van der Waals surface area contributed by atoms with Crippen molar-refractivity contribution in [3.63, 3.8) is 0 Å². The Bertz CT molecular complexity index is 668. The van der Waals surface area contributed by atoms with Crippen LogP contribution in [0.2, 0.25) is 5.02 Å². The molecule has 0 amide bonds. The van der Waals surface area contributed by atoms with E-state index in [1.54, 1.807) is 38.5 Å². The smallest absolute Gasteiger partial charge is 0.161 e. The fraction of sp³-hybridized carbons (Fsp3) is 0.188. The second-order valence-electron chi connectivity index (χ2n) is 4.26. The van der Waals surface area contributed by atoms with E-state index in [2.05, 4.69) is 0 Å². The maximum atomic E-state index is 11.3. The van der Waals surface area contributed by atoms with Gasteiger partial charge in [0, 0.05) is 5.56 Å². The molecule has 0 fully saturated rings. The maximum absolute atomic E-state index is 11.3. The van der Waals surface area contributed by atoms with Crippen LogP contribution in [0.4, 0.5) is 0 Å². The van der Waals surface area contributed by atoms with Crippen LogP contribution in [-0.4, -0.2) is 27.6 Å². The van der Waals surface area contributed by atoms with Gasteiger partial charge in [0.2, 0.25) is 0 Å². The quantitative estimate of drug-likeness (QED) is 0.787. The fourth-order valence-electron chi connectivity index (χ4n) is 2.07. The molecule has 0 saturated heterocycles. The Kier molecular flexibility index (Phi) is 4.70. The molecule has 0 aliphatic heterocycles. The third-order valence-electron chi connectivity index (χ3n) is 3.14. The Morgan fingerprint density at radius 3 is 2.10 bits per heavy atom. The molecule has 0 spiro atoms. The molecule has 0 aliphatic rings. The first-order valence-corrected chi connectivity index (χ1v) is 6.57. The van der Waals surface area contributed by atoms with Crippen LogP contribution in [0, 0.1) is 0 Å². The van der Waals surface area contributed by atoms with Crippen LogP contribution in [0.5, 0.6) is 17.2 Å². The van der Waals surface area contributed by atoms with E-state index in [9.17, 15) is 4.79 Å². The lowest BCUT2D eigenvalue weighted by Gasteiger charge is -2.13. The maximum Gasteiger partial charge on any atom is 0.161 e. The molecule has 21 heavy (non-hydrogen) atoms. The van der Waals surface area contributed by atoms with Gasteiger partial charge >= 0.3 is 0 Å². The van der Waals surface area contributed by atoms with Crippen molar-refractivity contribution in [3.8, 4) is 28.4 Å². The highest BCUT2D eigenvalue weighted by Crippen LogP contribution is 2.37. The molecule has 0 aromatic heterocycles. The van der Waals surface area contributed by atoms with Gasteiger partial charge in [0.25, 0.3) is 0 Å². The van der Waals surface area contributed by atoms with Gasteiger partial charge in [0.05, 0.1) is 26.4 Å². The molecule has 0 bridgehead atoms. The van der Waals surface area contributed by atoms with Gasteiger partial charge in [0.1, 0.15) is 5.75 Å². The minimum Gasteiger partial charge on any atom is -0.495 e. The lowest BCUT2D eigenvalue weighted by atomic mass is 9.99. The van der Waals surface area contributed by atoms with E-state index >= 15 is 0 Å². The van der Waals surface area contributed by atoms with Gasteiger partial charge in [-0.3, -0.25) is 4.79 Å². The van der Waals surface area contributed by atoms with E-state index in [1.165, 1.54) is 7.11 Å². The van der Waals surface area contributed by atoms with Gasteiger partial charge in [0.15, 0.2) is 17.8 Å². The lowest BCUT2D eigenvalue weighted by Crippen LogP contribution is -1.96. The zero-order valence-electron chi connectivity index (χ0n) is 12.0. The first-order valence-electron chi connectivity index (χ1n) is 6.19. The third kappa shape index (κ3) is 2.95. The Hall–Kier alpha value is -2.20. The van der Waals surface area contributed by atoms with Crippen molar-refractivity contribution in [2.75, 3.05) is 21.3 Å². The summed E-state index contributed by atoms with van der Waals surface area (Å²) < 4.78 is 15.7. The summed E-state index contributed by atoms with van der Waals surface area (Å²) in [5.41, 5.74) is 2.02. The summed E-state index contributed by atoms with van der Waals surface area (Å²) in [5.74, 6) is 1.59.